The Balaban J connectivity index is 2.00. The molecule has 4 heteroatoms. The molecule has 0 atom stereocenters. The van der Waals surface area contributed by atoms with Gasteiger partial charge in [-0.1, -0.05) is 13.8 Å². The van der Waals surface area contributed by atoms with Crippen molar-refractivity contribution in [1.82, 2.24) is 15.1 Å². The zero-order valence-electron chi connectivity index (χ0n) is 9.99. The molecule has 1 aromatic rings. The number of hydrogen-bond donors (Lipinski definition) is 1. The summed E-state index contributed by atoms with van der Waals surface area (Å²) in [7, 11) is 0. The normalized spacial score (nSPS) is 15.1. The van der Waals surface area contributed by atoms with Crippen LogP contribution in [0.2, 0.25) is 0 Å². The minimum atomic E-state index is 0.0861. The van der Waals surface area contributed by atoms with E-state index in [1.165, 1.54) is 0 Å². The predicted molar refractivity (Wildman–Crippen MR) is 62.1 cm³/mol. The second-order valence-corrected chi connectivity index (χ2v) is 4.33. The Morgan fingerprint density at radius 3 is 2.81 bits per heavy atom. The monoisotopic (exact) mass is 221 g/mol. The van der Waals surface area contributed by atoms with Crippen LogP contribution in [0.5, 0.6) is 0 Å². The summed E-state index contributed by atoms with van der Waals surface area (Å²) in [5.41, 5.74) is 2.21. The summed E-state index contributed by atoms with van der Waals surface area (Å²) in [6, 6.07) is 2.52. The molecule has 1 aliphatic rings. The Morgan fingerprint density at radius 2 is 2.25 bits per heavy atom. The van der Waals surface area contributed by atoms with Crippen LogP contribution in [0.1, 0.15) is 38.1 Å². The van der Waals surface area contributed by atoms with Crippen molar-refractivity contribution in [2.45, 2.75) is 52.1 Å². The average molecular weight is 221 g/mol. The largest absolute Gasteiger partial charge is 0.352 e. The van der Waals surface area contributed by atoms with Crippen molar-refractivity contribution < 1.29 is 4.79 Å². The van der Waals surface area contributed by atoms with Crippen LogP contribution in [-0.2, 0) is 24.2 Å². The van der Waals surface area contributed by atoms with Crippen molar-refractivity contribution >= 4 is 5.91 Å². The number of carbonyl (C=O) groups excluding carboxylic acids is 1. The molecule has 2 rings (SSSR count). The number of hydrogen-bond acceptors (Lipinski definition) is 2. The first-order valence-electron chi connectivity index (χ1n) is 6.07. The molecule has 0 aromatic carbocycles. The van der Waals surface area contributed by atoms with Crippen molar-refractivity contribution in [2.24, 2.45) is 0 Å². The van der Waals surface area contributed by atoms with Crippen LogP contribution in [0.4, 0.5) is 0 Å². The van der Waals surface area contributed by atoms with Gasteiger partial charge in [0.2, 0.25) is 5.91 Å². The van der Waals surface area contributed by atoms with Gasteiger partial charge in [0.1, 0.15) is 6.54 Å². The van der Waals surface area contributed by atoms with E-state index < -0.39 is 0 Å². The van der Waals surface area contributed by atoms with Crippen LogP contribution >= 0.6 is 0 Å². The number of carbonyl (C=O) groups is 1. The lowest BCUT2D eigenvalue weighted by molar-refractivity contribution is -0.122. The van der Waals surface area contributed by atoms with E-state index in [-0.39, 0.29) is 5.91 Å². The third-order valence-electron chi connectivity index (χ3n) is 2.87. The number of aryl methyl sites for hydroxylation is 2. The minimum absolute atomic E-state index is 0.0861. The highest BCUT2D eigenvalue weighted by atomic mass is 16.2. The zero-order valence-corrected chi connectivity index (χ0v) is 9.99. The third kappa shape index (κ3) is 2.62. The van der Waals surface area contributed by atoms with Gasteiger partial charge in [-0.2, -0.15) is 5.10 Å². The molecule has 0 spiro atoms. The highest BCUT2D eigenvalue weighted by molar-refractivity contribution is 5.76. The van der Waals surface area contributed by atoms with Crippen LogP contribution in [0.25, 0.3) is 0 Å². The topological polar surface area (TPSA) is 46.9 Å². The van der Waals surface area contributed by atoms with Gasteiger partial charge in [-0.3, -0.25) is 9.48 Å². The van der Waals surface area contributed by atoms with Crippen molar-refractivity contribution in [3.05, 3.63) is 17.5 Å². The zero-order chi connectivity index (χ0) is 11.5. The maximum absolute atomic E-state index is 11.7. The Labute approximate surface area is 96.0 Å². The van der Waals surface area contributed by atoms with Crippen LogP contribution in [0.15, 0.2) is 6.07 Å². The second-order valence-electron chi connectivity index (χ2n) is 4.33. The first kappa shape index (κ1) is 11.2. The molecule has 1 aliphatic carbocycles. The van der Waals surface area contributed by atoms with Crippen LogP contribution in [-0.4, -0.2) is 21.7 Å². The highest BCUT2D eigenvalue weighted by Gasteiger charge is 2.23. The van der Waals surface area contributed by atoms with Crippen molar-refractivity contribution in [3.8, 4) is 0 Å². The molecule has 1 amide bonds. The van der Waals surface area contributed by atoms with Gasteiger partial charge in [-0.05, 0) is 31.7 Å². The molecule has 0 bridgehead atoms. The molecule has 1 fully saturated rings. The molecule has 0 radical (unpaired) electrons. The van der Waals surface area contributed by atoms with E-state index in [9.17, 15) is 4.79 Å². The van der Waals surface area contributed by atoms with Crippen LogP contribution in [0, 0.1) is 0 Å². The fraction of sp³-hybridized carbons (Fsp3) is 0.667. The fourth-order valence-electron chi connectivity index (χ4n) is 1.75. The third-order valence-corrected chi connectivity index (χ3v) is 2.87. The predicted octanol–water partition coefficient (Wildman–Crippen LogP) is 1.29. The van der Waals surface area contributed by atoms with E-state index in [1.54, 1.807) is 0 Å². The summed E-state index contributed by atoms with van der Waals surface area (Å²) >= 11 is 0. The fourth-order valence-corrected chi connectivity index (χ4v) is 1.75. The van der Waals surface area contributed by atoms with E-state index in [4.69, 9.17) is 0 Å². The average Bonchev–Trinajstić information content (AvgIpc) is 2.97. The summed E-state index contributed by atoms with van der Waals surface area (Å²) < 4.78 is 1.83. The van der Waals surface area contributed by atoms with E-state index in [1.807, 2.05) is 4.68 Å². The van der Waals surface area contributed by atoms with E-state index in [0.717, 1.165) is 37.1 Å². The lowest BCUT2D eigenvalue weighted by atomic mass is 10.2. The van der Waals surface area contributed by atoms with Crippen molar-refractivity contribution in [3.63, 3.8) is 0 Å². The summed E-state index contributed by atoms with van der Waals surface area (Å²) in [6.07, 6.45) is 4.10. The molecule has 4 nitrogen and oxygen atoms in total. The van der Waals surface area contributed by atoms with Gasteiger partial charge >= 0.3 is 0 Å². The molecule has 0 saturated heterocycles. The molecule has 0 aliphatic heterocycles. The molecule has 1 heterocycles. The number of rotatable bonds is 5. The quantitative estimate of drug-likeness (QED) is 0.814. The Kier molecular flexibility index (Phi) is 3.27. The number of aromatic nitrogens is 2. The molecule has 1 aromatic heterocycles. The summed E-state index contributed by atoms with van der Waals surface area (Å²) in [5.74, 6) is 0.0861. The van der Waals surface area contributed by atoms with Gasteiger partial charge in [0.15, 0.2) is 0 Å². The first-order chi connectivity index (χ1) is 7.72. The molecule has 0 unspecified atom stereocenters. The first-order valence-corrected chi connectivity index (χ1v) is 6.07. The van der Waals surface area contributed by atoms with Crippen molar-refractivity contribution in [1.29, 1.82) is 0 Å². The van der Waals surface area contributed by atoms with Gasteiger partial charge in [-0.15, -0.1) is 0 Å². The molecular formula is C12H19N3O. The van der Waals surface area contributed by atoms with E-state index in [0.29, 0.717) is 12.6 Å². The maximum atomic E-state index is 11.7. The van der Waals surface area contributed by atoms with Crippen LogP contribution in [0.3, 0.4) is 0 Å². The molecule has 1 saturated carbocycles. The van der Waals surface area contributed by atoms with E-state index >= 15 is 0 Å². The lowest BCUT2D eigenvalue weighted by Gasteiger charge is -2.06. The Hall–Kier alpha value is -1.32. The van der Waals surface area contributed by atoms with E-state index in [2.05, 4.69) is 30.3 Å². The van der Waals surface area contributed by atoms with Gasteiger partial charge in [0.25, 0.3) is 0 Å². The summed E-state index contributed by atoms with van der Waals surface area (Å²) in [6.45, 7) is 4.53. The highest BCUT2D eigenvalue weighted by Crippen LogP contribution is 2.18. The van der Waals surface area contributed by atoms with Crippen LogP contribution < -0.4 is 5.32 Å². The summed E-state index contributed by atoms with van der Waals surface area (Å²) in [5, 5.41) is 7.40. The van der Waals surface area contributed by atoms with Gasteiger partial charge in [0.05, 0.1) is 5.69 Å². The molecule has 1 N–H and O–H groups in total. The second kappa shape index (κ2) is 4.68. The Bertz CT molecular complexity index is 380. The smallest absolute Gasteiger partial charge is 0.241 e. The molecule has 88 valence electrons. The Morgan fingerprint density at radius 1 is 1.50 bits per heavy atom. The maximum Gasteiger partial charge on any atom is 0.241 e. The molecule has 16 heavy (non-hydrogen) atoms. The van der Waals surface area contributed by atoms with Gasteiger partial charge in [0, 0.05) is 11.7 Å². The van der Waals surface area contributed by atoms with Gasteiger partial charge in [-0.25, -0.2) is 0 Å². The number of nitrogens with one attached hydrogen (secondary N) is 1. The lowest BCUT2D eigenvalue weighted by Crippen LogP contribution is -2.30. The van der Waals surface area contributed by atoms with Gasteiger partial charge < -0.3 is 5.32 Å². The van der Waals surface area contributed by atoms with Crippen molar-refractivity contribution in [2.75, 3.05) is 0 Å². The summed E-state index contributed by atoms with van der Waals surface area (Å²) in [4.78, 5) is 11.7. The minimum Gasteiger partial charge on any atom is -0.352 e. The number of amides is 1. The SMILES string of the molecule is CCc1cc(CC)n(CC(=O)NC2CC2)n1. The molecular weight excluding hydrogens is 202 g/mol. The standard InChI is InChI=1S/C12H19N3O/c1-3-9-7-11(4-2)15(14-9)8-12(16)13-10-5-6-10/h7,10H,3-6,8H2,1-2H3,(H,13,16). The number of nitrogens with zero attached hydrogens (tertiary/aromatic N) is 2.